The number of aryl methyl sites for hydroxylation is 1. The smallest absolute Gasteiger partial charge is 0.374 e. The number of carbonyl (C=O) groups excluding carboxylic acids is 3. The van der Waals surface area contributed by atoms with E-state index < -0.39 is 24.5 Å². The second-order valence-corrected chi connectivity index (χ2v) is 6.61. The highest BCUT2D eigenvalue weighted by Crippen LogP contribution is 2.38. The molecule has 0 radical (unpaired) electrons. The van der Waals surface area contributed by atoms with Gasteiger partial charge in [-0.05, 0) is 43.4 Å². The third kappa shape index (κ3) is 3.74. The molecule has 0 spiro atoms. The van der Waals surface area contributed by atoms with Crippen molar-refractivity contribution in [3.63, 3.8) is 0 Å². The van der Waals surface area contributed by atoms with Gasteiger partial charge in [-0.2, -0.15) is 0 Å². The molecule has 0 aromatic carbocycles. The van der Waals surface area contributed by atoms with Gasteiger partial charge in [0.05, 0.1) is 18.9 Å². The molecule has 2 aromatic rings. The monoisotopic (exact) mass is 363 g/mol. The van der Waals surface area contributed by atoms with Gasteiger partial charge in [-0.25, -0.2) is 9.59 Å². The summed E-state index contributed by atoms with van der Waals surface area (Å²) >= 11 is 1.37. The molecular formula is C17H17NO6S. The van der Waals surface area contributed by atoms with Crippen molar-refractivity contribution in [3.05, 3.63) is 40.2 Å². The van der Waals surface area contributed by atoms with E-state index in [1.54, 1.807) is 6.07 Å². The molecule has 7 nitrogen and oxygen atoms in total. The summed E-state index contributed by atoms with van der Waals surface area (Å²) in [7, 11) is 1.31. The third-order valence-corrected chi connectivity index (χ3v) is 5.08. The lowest BCUT2D eigenvalue weighted by molar-refractivity contribution is -0.119. The minimum Gasteiger partial charge on any atom is -0.465 e. The standard InChI is InChI=1S/C17H17NO6S/c1-22-17(21)14-10-5-2-3-7-12(10)25-15(14)18-13(19)9-24-16(20)11-6-4-8-23-11/h4,6,8H,2-3,5,7,9H2,1H3,(H,18,19). The second kappa shape index (κ2) is 7.52. The quantitative estimate of drug-likeness (QED) is 0.821. The SMILES string of the molecule is COC(=O)c1c(NC(=O)COC(=O)c2ccco2)sc2c1CCCC2. The zero-order valence-electron chi connectivity index (χ0n) is 13.6. The fourth-order valence-electron chi connectivity index (χ4n) is 2.73. The van der Waals surface area contributed by atoms with Gasteiger partial charge in [-0.1, -0.05) is 0 Å². The van der Waals surface area contributed by atoms with E-state index in [9.17, 15) is 14.4 Å². The first-order valence-electron chi connectivity index (χ1n) is 7.83. The van der Waals surface area contributed by atoms with E-state index in [0.29, 0.717) is 10.6 Å². The Bertz CT molecular complexity index is 792. The van der Waals surface area contributed by atoms with E-state index in [1.165, 1.54) is 30.8 Å². The first-order chi connectivity index (χ1) is 12.1. The van der Waals surface area contributed by atoms with Crippen molar-refractivity contribution < 1.29 is 28.3 Å². The summed E-state index contributed by atoms with van der Waals surface area (Å²) in [6.45, 7) is -0.470. The molecular weight excluding hydrogens is 346 g/mol. The number of rotatable bonds is 5. The van der Waals surface area contributed by atoms with E-state index in [2.05, 4.69) is 5.32 Å². The summed E-state index contributed by atoms with van der Waals surface area (Å²) in [6, 6.07) is 3.00. The zero-order chi connectivity index (χ0) is 17.8. The van der Waals surface area contributed by atoms with Crippen molar-refractivity contribution in [2.24, 2.45) is 0 Å². The van der Waals surface area contributed by atoms with Crippen LogP contribution in [0.1, 0.15) is 44.2 Å². The normalized spacial score (nSPS) is 13.0. The van der Waals surface area contributed by atoms with Crippen molar-refractivity contribution in [3.8, 4) is 0 Å². The maximum absolute atomic E-state index is 12.1. The largest absolute Gasteiger partial charge is 0.465 e. The maximum atomic E-state index is 12.1. The molecule has 1 aliphatic rings. The summed E-state index contributed by atoms with van der Waals surface area (Å²) < 4.78 is 14.6. The van der Waals surface area contributed by atoms with Crippen LogP contribution in [0.2, 0.25) is 0 Å². The third-order valence-electron chi connectivity index (χ3n) is 3.87. The van der Waals surface area contributed by atoms with Crippen LogP contribution in [0.3, 0.4) is 0 Å². The molecule has 0 aliphatic heterocycles. The van der Waals surface area contributed by atoms with Crippen LogP contribution in [0, 0.1) is 0 Å². The molecule has 1 amide bonds. The fourth-order valence-corrected chi connectivity index (χ4v) is 4.03. The van der Waals surface area contributed by atoms with Gasteiger partial charge in [0.25, 0.3) is 5.91 Å². The van der Waals surface area contributed by atoms with Crippen LogP contribution in [0.5, 0.6) is 0 Å². The van der Waals surface area contributed by atoms with Crippen LogP contribution in [0.25, 0.3) is 0 Å². The molecule has 8 heteroatoms. The van der Waals surface area contributed by atoms with E-state index in [0.717, 1.165) is 36.1 Å². The van der Waals surface area contributed by atoms with Gasteiger partial charge in [0.2, 0.25) is 5.76 Å². The molecule has 0 saturated carbocycles. The number of amides is 1. The zero-order valence-corrected chi connectivity index (χ0v) is 14.4. The first-order valence-corrected chi connectivity index (χ1v) is 8.65. The van der Waals surface area contributed by atoms with Gasteiger partial charge < -0.3 is 19.2 Å². The second-order valence-electron chi connectivity index (χ2n) is 5.51. The summed E-state index contributed by atoms with van der Waals surface area (Å²) in [6.07, 6.45) is 5.08. The minimum absolute atomic E-state index is 0.0228. The predicted octanol–water partition coefficient (Wildman–Crippen LogP) is 2.80. The van der Waals surface area contributed by atoms with Crippen molar-refractivity contribution in [1.82, 2.24) is 0 Å². The Morgan fingerprint density at radius 3 is 2.76 bits per heavy atom. The van der Waals surface area contributed by atoms with Crippen LogP contribution in [0.15, 0.2) is 22.8 Å². The molecule has 0 fully saturated rings. The molecule has 25 heavy (non-hydrogen) atoms. The highest BCUT2D eigenvalue weighted by Gasteiger charge is 2.27. The van der Waals surface area contributed by atoms with Crippen LogP contribution < -0.4 is 5.32 Å². The summed E-state index contributed by atoms with van der Waals surface area (Å²) in [5.41, 5.74) is 1.36. The molecule has 132 valence electrons. The number of thiophene rings is 1. The topological polar surface area (TPSA) is 94.8 Å². The van der Waals surface area contributed by atoms with Crippen LogP contribution in [-0.4, -0.2) is 31.6 Å². The molecule has 0 atom stereocenters. The Hall–Kier alpha value is -2.61. The van der Waals surface area contributed by atoms with E-state index in [4.69, 9.17) is 13.9 Å². The number of hydrogen-bond donors (Lipinski definition) is 1. The lowest BCUT2D eigenvalue weighted by Gasteiger charge is -2.11. The Morgan fingerprint density at radius 1 is 1.24 bits per heavy atom. The Labute approximate surface area is 147 Å². The number of ether oxygens (including phenoxy) is 2. The van der Waals surface area contributed by atoms with Crippen molar-refractivity contribution in [1.29, 1.82) is 0 Å². The number of carbonyl (C=O) groups is 3. The highest BCUT2D eigenvalue weighted by atomic mass is 32.1. The van der Waals surface area contributed by atoms with Gasteiger partial charge in [0.15, 0.2) is 6.61 Å². The summed E-state index contributed by atoms with van der Waals surface area (Å²) in [5.74, 6) is -1.70. The van der Waals surface area contributed by atoms with Crippen molar-refractivity contribution in [2.45, 2.75) is 25.7 Å². The Kier molecular flexibility index (Phi) is 5.18. The van der Waals surface area contributed by atoms with E-state index in [-0.39, 0.29) is 5.76 Å². The number of fused-ring (bicyclic) bond motifs is 1. The molecule has 2 heterocycles. The number of anilines is 1. The molecule has 0 bridgehead atoms. The summed E-state index contributed by atoms with van der Waals surface area (Å²) in [4.78, 5) is 37.0. The number of methoxy groups -OCH3 is 1. The maximum Gasteiger partial charge on any atom is 0.374 e. The minimum atomic E-state index is -0.723. The van der Waals surface area contributed by atoms with Gasteiger partial charge >= 0.3 is 11.9 Å². The Morgan fingerprint density at radius 2 is 2.04 bits per heavy atom. The van der Waals surface area contributed by atoms with Gasteiger partial charge in [0.1, 0.15) is 5.00 Å². The van der Waals surface area contributed by atoms with E-state index in [1.807, 2.05) is 0 Å². The lowest BCUT2D eigenvalue weighted by atomic mass is 9.95. The van der Waals surface area contributed by atoms with Crippen molar-refractivity contribution >= 4 is 34.2 Å². The lowest BCUT2D eigenvalue weighted by Crippen LogP contribution is -2.21. The molecule has 1 N–H and O–H groups in total. The first kappa shape index (κ1) is 17.2. The van der Waals surface area contributed by atoms with Gasteiger partial charge in [-0.15, -0.1) is 11.3 Å². The number of esters is 2. The average Bonchev–Trinajstić information content (AvgIpc) is 3.26. The van der Waals surface area contributed by atoms with E-state index >= 15 is 0 Å². The van der Waals surface area contributed by atoms with Crippen molar-refractivity contribution in [2.75, 3.05) is 19.0 Å². The number of hydrogen-bond acceptors (Lipinski definition) is 7. The summed E-state index contributed by atoms with van der Waals surface area (Å²) in [5, 5.41) is 3.10. The van der Waals surface area contributed by atoms with Crippen LogP contribution in [0.4, 0.5) is 5.00 Å². The average molecular weight is 363 g/mol. The molecule has 0 unspecified atom stereocenters. The fraction of sp³-hybridized carbons (Fsp3) is 0.353. The molecule has 2 aromatic heterocycles. The van der Waals surface area contributed by atoms with Crippen LogP contribution in [-0.2, 0) is 27.1 Å². The van der Waals surface area contributed by atoms with Gasteiger partial charge in [-0.3, -0.25) is 4.79 Å². The highest BCUT2D eigenvalue weighted by molar-refractivity contribution is 7.17. The van der Waals surface area contributed by atoms with Crippen LogP contribution >= 0.6 is 11.3 Å². The molecule has 1 aliphatic carbocycles. The predicted molar refractivity (Wildman–Crippen MR) is 89.9 cm³/mol. The number of nitrogens with one attached hydrogen (secondary N) is 1. The molecule has 0 saturated heterocycles. The molecule has 3 rings (SSSR count). The van der Waals surface area contributed by atoms with Gasteiger partial charge in [0, 0.05) is 4.88 Å². The number of furan rings is 1. The Balaban J connectivity index is 1.69.